The third-order valence-electron chi connectivity index (χ3n) is 3.41. The summed E-state index contributed by atoms with van der Waals surface area (Å²) in [6, 6.07) is -0.382. The number of likely N-dealkylation sites (N-methyl/N-ethyl adjacent to an activating group) is 1. The van der Waals surface area contributed by atoms with Crippen molar-refractivity contribution in [3.8, 4) is 0 Å². The van der Waals surface area contributed by atoms with Gasteiger partial charge in [-0.15, -0.1) is 0 Å². The van der Waals surface area contributed by atoms with Gasteiger partial charge in [0.25, 0.3) is 0 Å². The second kappa shape index (κ2) is 8.49. The predicted molar refractivity (Wildman–Crippen MR) is 80.0 cm³/mol. The molecule has 0 saturated carbocycles. The number of amides is 3. The number of carbonyl (C=O) groups excluding carboxylic acids is 2. The van der Waals surface area contributed by atoms with E-state index in [0.29, 0.717) is 0 Å². The third-order valence-corrected chi connectivity index (χ3v) is 3.41. The average molecular weight is 301 g/mol. The summed E-state index contributed by atoms with van der Waals surface area (Å²) < 4.78 is 0. The number of hydrogen-bond acceptors (Lipinski definition) is 3. The number of rotatable bonds is 8. The zero-order valence-corrected chi connectivity index (χ0v) is 13.5. The molecule has 7 nitrogen and oxygen atoms in total. The van der Waals surface area contributed by atoms with E-state index < -0.39 is 17.5 Å². The van der Waals surface area contributed by atoms with E-state index in [1.165, 1.54) is 18.7 Å². The highest BCUT2D eigenvalue weighted by atomic mass is 16.4. The summed E-state index contributed by atoms with van der Waals surface area (Å²) in [5.41, 5.74) is -1.29. The van der Waals surface area contributed by atoms with Crippen molar-refractivity contribution in [3.63, 3.8) is 0 Å². The van der Waals surface area contributed by atoms with Crippen LogP contribution >= 0.6 is 0 Å². The lowest BCUT2D eigenvalue weighted by Crippen LogP contribution is -2.56. The van der Waals surface area contributed by atoms with Crippen molar-refractivity contribution in [2.75, 3.05) is 13.1 Å². The molecule has 0 heterocycles. The van der Waals surface area contributed by atoms with Crippen LogP contribution in [0, 0.1) is 0 Å². The lowest BCUT2D eigenvalue weighted by Gasteiger charge is -2.34. The van der Waals surface area contributed by atoms with Crippen LogP contribution in [0.5, 0.6) is 0 Å². The summed E-state index contributed by atoms with van der Waals surface area (Å²) in [7, 11) is 0. The summed E-state index contributed by atoms with van der Waals surface area (Å²) in [4.78, 5) is 36.0. The molecule has 7 heteroatoms. The molecule has 0 spiro atoms. The molecule has 21 heavy (non-hydrogen) atoms. The molecule has 0 aliphatic carbocycles. The van der Waals surface area contributed by atoms with Crippen molar-refractivity contribution < 1.29 is 19.5 Å². The first-order valence-electron chi connectivity index (χ1n) is 7.25. The van der Waals surface area contributed by atoms with Gasteiger partial charge in [0.1, 0.15) is 5.54 Å². The Bertz CT molecular complexity index is 382. The first-order chi connectivity index (χ1) is 9.66. The SMILES string of the molecule is CCC(C)NC(=O)CCNC(=O)N(CC)C(C)(C)C(=O)O. The standard InChI is InChI=1S/C14H27N3O4/c1-6-10(3)16-11(18)8-9-15-13(21)17(7-2)14(4,5)12(19)20/h10H,6-9H2,1-5H3,(H,15,21)(H,16,18)(H,19,20). The fraction of sp³-hybridized carbons (Fsp3) is 0.786. The highest BCUT2D eigenvalue weighted by Crippen LogP contribution is 2.14. The number of carboxylic acids is 1. The molecule has 0 fully saturated rings. The van der Waals surface area contributed by atoms with Gasteiger partial charge in [-0.3, -0.25) is 4.79 Å². The molecule has 1 atom stereocenters. The van der Waals surface area contributed by atoms with Crippen LogP contribution in [0.1, 0.15) is 47.5 Å². The van der Waals surface area contributed by atoms with Crippen LogP contribution in [0.2, 0.25) is 0 Å². The summed E-state index contributed by atoms with van der Waals surface area (Å²) in [5.74, 6) is -1.21. The minimum atomic E-state index is -1.29. The highest BCUT2D eigenvalue weighted by Gasteiger charge is 2.36. The Morgan fingerprint density at radius 3 is 2.24 bits per heavy atom. The predicted octanol–water partition coefficient (Wildman–Crippen LogP) is 1.19. The normalized spacial score (nSPS) is 12.4. The van der Waals surface area contributed by atoms with Crippen molar-refractivity contribution >= 4 is 17.9 Å². The van der Waals surface area contributed by atoms with Crippen LogP contribution in [-0.2, 0) is 9.59 Å². The molecular weight excluding hydrogens is 274 g/mol. The van der Waals surface area contributed by atoms with Gasteiger partial charge >= 0.3 is 12.0 Å². The zero-order valence-electron chi connectivity index (χ0n) is 13.5. The maximum atomic E-state index is 12.0. The number of urea groups is 1. The fourth-order valence-electron chi connectivity index (χ4n) is 1.74. The van der Waals surface area contributed by atoms with E-state index in [4.69, 9.17) is 5.11 Å². The van der Waals surface area contributed by atoms with Gasteiger partial charge in [0, 0.05) is 25.6 Å². The van der Waals surface area contributed by atoms with Crippen LogP contribution in [0.15, 0.2) is 0 Å². The fourth-order valence-corrected chi connectivity index (χ4v) is 1.74. The topological polar surface area (TPSA) is 98.7 Å². The lowest BCUT2D eigenvalue weighted by molar-refractivity contribution is -0.147. The Kier molecular flexibility index (Phi) is 7.76. The minimum Gasteiger partial charge on any atom is -0.480 e. The second-order valence-corrected chi connectivity index (χ2v) is 5.47. The number of hydrogen-bond donors (Lipinski definition) is 3. The molecule has 0 aromatic heterocycles. The Balaban J connectivity index is 4.36. The second-order valence-electron chi connectivity index (χ2n) is 5.47. The van der Waals surface area contributed by atoms with Crippen molar-refractivity contribution in [3.05, 3.63) is 0 Å². The Morgan fingerprint density at radius 1 is 1.24 bits per heavy atom. The van der Waals surface area contributed by atoms with E-state index in [2.05, 4.69) is 10.6 Å². The van der Waals surface area contributed by atoms with E-state index in [0.717, 1.165) is 6.42 Å². The van der Waals surface area contributed by atoms with Gasteiger partial charge in [0.05, 0.1) is 0 Å². The molecule has 0 aliphatic heterocycles. The van der Waals surface area contributed by atoms with Crippen LogP contribution in [-0.4, -0.2) is 52.6 Å². The number of nitrogens with zero attached hydrogens (tertiary/aromatic N) is 1. The number of carboxylic acid groups (broad SMARTS) is 1. The molecule has 0 radical (unpaired) electrons. The number of nitrogens with one attached hydrogen (secondary N) is 2. The largest absolute Gasteiger partial charge is 0.480 e. The summed E-state index contributed by atoms with van der Waals surface area (Å²) >= 11 is 0. The molecule has 0 aromatic rings. The van der Waals surface area contributed by atoms with Gasteiger partial charge in [0.15, 0.2) is 0 Å². The third kappa shape index (κ3) is 6.01. The molecule has 3 amide bonds. The molecule has 122 valence electrons. The summed E-state index contributed by atoms with van der Waals surface area (Å²) in [6.07, 6.45) is 1.01. The molecule has 0 saturated heterocycles. The van der Waals surface area contributed by atoms with Crippen LogP contribution in [0.3, 0.4) is 0 Å². The smallest absolute Gasteiger partial charge is 0.329 e. The minimum absolute atomic E-state index is 0.103. The first-order valence-corrected chi connectivity index (χ1v) is 7.25. The maximum Gasteiger partial charge on any atom is 0.329 e. The maximum absolute atomic E-state index is 12.0. The quantitative estimate of drug-likeness (QED) is 0.627. The van der Waals surface area contributed by atoms with Crippen molar-refractivity contribution in [2.45, 2.75) is 59.0 Å². The van der Waals surface area contributed by atoms with Gasteiger partial charge in [-0.1, -0.05) is 6.92 Å². The Morgan fingerprint density at radius 2 is 1.81 bits per heavy atom. The summed E-state index contributed by atoms with van der Waals surface area (Å²) in [6.45, 7) is 8.96. The van der Waals surface area contributed by atoms with E-state index >= 15 is 0 Å². The van der Waals surface area contributed by atoms with Gasteiger partial charge in [-0.05, 0) is 34.1 Å². The average Bonchev–Trinajstić information content (AvgIpc) is 2.38. The van der Waals surface area contributed by atoms with Crippen molar-refractivity contribution in [1.29, 1.82) is 0 Å². The Hall–Kier alpha value is -1.79. The lowest BCUT2D eigenvalue weighted by atomic mass is 10.0. The molecule has 0 bridgehead atoms. The molecule has 0 rings (SSSR count). The van der Waals surface area contributed by atoms with E-state index in [1.807, 2.05) is 13.8 Å². The van der Waals surface area contributed by atoms with Crippen molar-refractivity contribution in [2.24, 2.45) is 0 Å². The van der Waals surface area contributed by atoms with Gasteiger partial charge in [0.2, 0.25) is 5.91 Å². The monoisotopic (exact) mass is 301 g/mol. The zero-order chi connectivity index (χ0) is 16.6. The number of aliphatic carboxylic acids is 1. The van der Waals surface area contributed by atoms with Crippen LogP contribution in [0.4, 0.5) is 4.79 Å². The number of carbonyl (C=O) groups is 3. The van der Waals surface area contributed by atoms with Crippen molar-refractivity contribution in [1.82, 2.24) is 15.5 Å². The molecule has 0 aromatic carbocycles. The van der Waals surface area contributed by atoms with Crippen LogP contribution in [0.25, 0.3) is 0 Å². The highest BCUT2D eigenvalue weighted by molar-refractivity contribution is 5.85. The Labute approximate surface area is 126 Å². The van der Waals surface area contributed by atoms with Crippen LogP contribution < -0.4 is 10.6 Å². The summed E-state index contributed by atoms with van der Waals surface area (Å²) in [5, 5.41) is 14.5. The molecular formula is C14H27N3O4. The first kappa shape index (κ1) is 19.2. The van der Waals surface area contributed by atoms with E-state index in [9.17, 15) is 14.4 Å². The molecule has 0 aliphatic rings. The van der Waals surface area contributed by atoms with E-state index in [-0.39, 0.29) is 31.5 Å². The molecule has 1 unspecified atom stereocenters. The molecule has 3 N–H and O–H groups in total. The van der Waals surface area contributed by atoms with Gasteiger partial charge in [-0.2, -0.15) is 0 Å². The van der Waals surface area contributed by atoms with Gasteiger partial charge in [-0.25, -0.2) is 9.59 Å². The van der Waals surface area contributed by atoms with Gasteiger partial charge < -0.3 is 20.6 Å². The van der Waals surface area contributed by atoms with E-state index in [1.54, 1.807) is 6.92 Å².